The predicted molar refractivity (Wildman–Crippen MR) is 106 cm³/mol. The maximum absolute atomic E-state index is 12.7. The van der Waals surface area contributed by atoms with Gasteiger partial charge in [0.05, 0.1) is 12.5 Å². The van der Waals surface area contributed by atoms with Crippen molar-refractivity contribution in [2.75, 3.05) is 25.0 Å². The minimum Gasteiger partial charge on any atom is -0.466 e. The van der Waals surface area contributed by atoms with Gasteiger partial charge in [-0.25, -0.2) is 0 Å². The lowest BCUT2D eigenvalue weighted by atomic mass is 9.96. The number of piperidine rings is 1. The van der Waals surface area contributed by atoms with E-state index in [0.717, 1.165) is 0 Å². The van der Waals surface area contributed by atoms with Crippen LogP contribution in [-0.2, 0) is 9.53 Å². The van der Waals surface area contributed by atoms with Gasteiger partial charge in [-0.2, -0.15) is 0 Å². The zero-order valence-electron chi connectivity index (χ0n) is 15.9. The van der Waals surface area contributed by atoms with Crippen LogP contribution in [-0.4, -0.2) is 42.4 Å². The monoisotopic (exact) mass is 380 g/mol. The number of hydrogen-bond acceptors (Lipinski definition) is 4. The Bertz CT molecular complexity index is 825. The molecule has 0 spiro atoms. The van der Waals surface area contributed by atoms with Crippen LogP contribution in [0.25, 0.3) is 0 Å². The van der Waals surface area contributed by atoms with Gasteiger partial charge in [0.15, 0.2) is 0 Å². The lowest BCUT2D eigenvalue weighted by molar-refractivity contribution is -0.149. The van der Waals surface area contributed by atoms with Crippen LogP contribution in [0.1, 0.15) is 40.5 Å². The number of likely N-dealkylation sites (tertiary alicyclic amines) is 1. The topological polar surface area (TPSA) is 75.7 Å². The quantitative estimate of drug-likeness (QED) is 0.807. The molecule has 28 heavy (non-hydrogen) atoms. The standard InChI is InChI=1S/C22H24N2O4/c1-2-28-22(27)18-12-14-24(15-13-18)21(26)17-8-10-19(11-9-17)23-20(25)16-6-4-3-5-7-16/h3-11,18H,2,12-15H2,1H3,(H,23,25). The number of nitrogens with one attached hydrogen (secondary N) is 1. The first-order valence-corrected chi connectivity index (χ1v) is 9.51. The van der Waals surface area contributed by atoms with Crippen LogP contribution in [0.4, 0.5) is 5.69 Å². The summed E-state index contributed by atoms with van der Waals surface area (Å²) in [6, 6.07) is 15.8. The molecular formula is C22H24N2O4. The van der Waals surface area contributed by atoms with E-state index in [1.807, 2.05) is 18.2 Å². The van der Waals surface area contributed by atoms with Crippen molar-refractivity contribution in [3.8, 4) is 0 Å². The minimum absolute atomic E-state index is 0.0664. The molecular weight excluding hydrogens is 356 g/mol. The largest absolute Gasteiger partial charge is 0.466 e. The summed E-state index contributed by atoms with van der Waals surface area (Å²) >= 11 is 0. The molecule has 0 aromatic heterocycles. The van der Waals surface area contributed by atoms with E-state index in [9.17, 15) is 14.4 Å². The molecule has 0 unspecified atom stereocenters. The van der Waals surface area contributed by atoms with Gasteiger partial charge >= 0.3 is 5.97 Å². The van der Waals surface area contributed by atoms with Gasteiger partial charge in [-0.15, -0.1) is 0 Å². The number of ether oxygens (including phenoxy) is 1. The van der Waals surface area contributed by atoms with E-state index in [4.69, 9.17) is 4.74 Å². The molecule has 2 aromatic rings. The molecule has 0 atom stereocenters. The highest BCUT2D eigenvalue weighted by molar-refractivity contribution is 6.04. The SMILES string of the molecule is CCOC(=O)C1CCN(C(=O)c2ccc(NC(=O)c3ccccc3)cc2)CC1. The second-order valence-corrected chi connectivity index (χ2v) is 6.72. The molecule has 146 valence electrons. The van der Waals surface area contributed by atoms with Gasteiger partial charge < -0.3 is 15.0 Å². The highest BCUT2D eigenvalue weighted by Gasteiger charge is 2.28. The van der Waals surface area contributed by atoms with Crippen molar-refractivity contribution >= 4 is 23.5 Å². The van der Waals surface area contributed by atoms with E-state index in [2.05, 4.69) is 5.32 Å². The molecule has 6 nitrogen and oxygen atoms in total. The molecule has 1 aliphatic rings. The van der Waals surface area contributed by atoms with Crippen LogP contribution in [0.15, 0.2) is 54.6 Å². The van der Waals surface area contributed by atoms with Gasteiger partial charge in [-0.3, -0.25) is 14.4 Å². The molecule has 0 bridgehead atoms. The number of carbonyl (C=O) groups is 3. The number of esters is 1. The summed E-state index contributed by atoms with van der Waals surface area (Å²) in [7, 11) is 0. The molecule has 1 fully saturated rings. The zero-order valence-corrected chi connectivity index (χ0v) is 15.9. The molecule has 2 aromatic carbocycles. The van der Waals surface area contributed by atoms with Crippen LogP contribution in [0.5, 0.6) is 0 Å². The number of amides is 2. The minimum atomic E-state index is -0.194. The first kappa shape index (κ1) is 19.6. The maximum Gasteiger partial charge on any atom is 0.309 e. The van der Waals surface area contributed by atoms with Crippen LogP contribution in [0.3, 0.4) is 0 Å². The maximum atomic E-state index is 12.7. The van der Waals surface area contributed by atoms with E-state index in [-0.39, 0.29) is 23.7 Å². The average molecular weight is 380 g/mol. The third kappa shape index (κ3) is 4.76. The van der Waals surface area contributed by atoms with Crippen LogP contribution >= 0.6 is 0 Å². The van der Waals surface area contributed by atoms with E-state index in [1.54, 1.807) is 48.2 Å². The Morgan fingerprint density at radius 3 is 2.21 bits per heavy atom. The van der Waals surface area contributed by atoms with Gasteiger partial charge in [0.25, 0.3) is 11.8 Å². The van der Waals surface area contributed by atoms with Gasteiger partial charge in [-0.05, 0) is 56.2 Å². The van der Waals surface area contributed by atoms with Gasteiger partial charge in [0.1, 0.15) is 0 Å². The lowest BCUT2D eigenvalue weighted by Gasteiger charge is -2.31. The van der Waals surface area contributed by atoms with Crippen molar-refractivity contribution in [1.29, 1.82) is 0 Å². The fraction of sp³-hybridized carbons (Fsp3) is 0.318. The molecule has 0 saturated carbocycles. The molecule has 1 aliphatic heterocycles. The first-order valence-electron chi connectivity index (χ1n) is 9.51. The molecule has 6 heteroatoms. The summed E-state index contributed by atoms with van der Waals surface area (Å²) in [5.41, 5.74) is 1.77. The molecule has 1 N–H and O–H groups in total. The Hall–Kier alpha value is -3.15. The van der Waals surface area contributed by atoms with Crippen molar-refractivity contribution in [2.24, 2.45) is 5.92 Å². The van der Waals surface area contributed by atoms with E-state index in [1.165, 1.54) is 0 Å². The third-order valence-electron chi connectivity index (χ3n) is 4.83. The first-order chi connectivity index (χ1) is 13.6. The van der Waals surface area contributed by atoms with E-state index < -0.39 is 0 Å². The molecule has 0 radical (unpaired) electrons. The van der Waals surface area contributed by atoms with Crippen LogP contribution < -0.4 is 5.32 Å². The van der Waals surface area contributed by atoms with Crippen molar-refractivity contribution in [3.63, 3.8) is 0 Å². The highest BCUT2D eigenvalue weighted by atomic mass is 16.5. The third-order valence-corrected chi connectivity index (χ3v) is 4.83. The molecule has 2 amide bonds. The molecule has 3 rings (SSSR count). The number of rotatable bonds is 5. The number of hydrogen-bond donors (Lipinski definition) is 1. The summed E-state index contributed by atoms with van der Waals surface area (Å²) in [5.74, 6) is -0.559. The Morgan fingerprint density at radius 1 is 0.964 bits per heavy atom. The Balaban J connectivity index is 1.56. The fourth-order valence-corrected chi connectivity index (χ4v) is 3.25. The van der Waals surface area contributed by atoms with E-state index in [0.29, 0.717) is 49.4 Å². The normalized spacial score (nSPS) is 14.4. The van der Waals surface area contributed by atoms with Crippen LogP contribution in [0, 0.1) is 5.92 Å². The summed E-state index contributed by atoms with van der Waals surface area (Å²) in [6.07, 6.45) is 1.24. The second-order valence-electron chi connectivity index (χ2n) is 6.72. The number of anilines is 1. The Labute approximate surface area is 164 Å². The molecule has 1 saturated heterocycles. The summed E-state index contributed by atoms with van der Waals surface area (Å²) in [5, 5.41) is 2.82. The van der Waals surface area contributed by atoms with Crippen molar-refractivity contribution in [3.05, 3.63) is 65.7 Å². The summed E-state index contributed by atoms with van der Waals surface area (Å²) < 4.78 is 5.06. The zero-order chi connectivity index (χ0) is 19.9. The van der Waals surface area contributed by atoms with Crippen molar-refractivity contribution in [1.82, 2.24) is 4.90 Å². The molecule has 1 heterocycles. The number of carbonyl (C=O) groups excluding carboxylic acids is 3. The molecule has 0 aliphatic carbocycles. The van der Waals surface area contributed by atoms with Crippen molar-refractivity contribution < 1.29 is 19.1 Å². The van der Waals surface area contributed by atoms with Gasteiger partial charge in [0.2, 0.25) is 0 Å². The lowest BCUT2D eigenvalue weighted by Crippen LogP contribution is -2.40. The average Bonchev–Trinajstić information content (AvgIpc) is 2.74. The number of nitrogens with zero attached hydrogens (tertiary/aromatic N) is 1. The fourth-order valence-electron chi connectivity index (χ4n) is 3.25. The predicted octanol–water partition coefficient (Wildman–Crippen LogP) is 3.35. The Morgan fingerprint density at radius 2 is 1.61 bits per heavy atom. The Kier molecular flexibility index (Phi) is 6.42. The van der Waals surface area contributed by atoms with Crippen molar-refractivity contribution in [2.45, 2.75) is 19.8 Å². The second kappa shape index (κ2) is 9.17. The van der Waals surface area contributed by atoms with Gasteiger partial charge in [0, 0.05) is 29.9 Å². The number of benzene rings is 2. The van der Waals surface area contributed by atoms with E-state index >= 15 is 0 Å². The van der Waals surface area contributed by atoms with Crippen LogP contribution in [0.2, 0.25) is 0 Å². The van der Waals surface area contributed by atoms with Gasteiger partial charge in [-0.1, -0.05) is 18.2 Å². The smallest absolute Gasteiger partial charge is 0.309 e. The summed E-state index contributed by atoms with van der Waals surface area (Å²) in [6.45, 7) is 3.25. The summed E-state index contributed by atoms with van der Waals surface area (Å²) in [4.78, 5) is 38.4. The highest BCUT2D eigenvalue weighted by Crippen LogP contribution is 2.21.